The molecule has 0 aromatic heterocycles. The predicted molar refractivity (Wildman–Crippen MR) is 58.4 cm³/mol. The first-order valence-corrected chi connectivity index (χ1v) is 5.29. The Morgan fingerprint density at radius 1 is 1.19 bits per heavy atom. The SMILES string of the molecule is CCC=CC1(C(C)C)C(=O)NC(=O)NC1=O. The summed E-state index contributed by atoms with van der Waals surface area (Å²) in [6, 6.07) is -0.754. The van der Waals surface area contributed by atoms with Crippen molar-refractivity contribution < 1.29 is 14.4 Å². The molecule has 0 aliphatic carbocycles. The number of imide groups is 2. The Bertz CT molecular complexity index is 338. The summed E-state index contributed by atoms with van der Waals surface area (Å²) in [4.78, 5) is 34.7. The zero-order valence-electron chi connectivity index (χ0n) is 9.66. The largest absolute Gasteiger partial charge is 0.328 e. The van der Waals surface area contributed by atoms with Crippen LogP contribution in [0, 0.1) is 11.3 Å². The van der Waals surface area contributed by atoms with E-state index in [1.807, 2.05) is 6.92 Å². The molecule has 0 unspecified atom stereocenters. The minimum Gasteiger partial charge on any atom is -0.277 e. The quantitative estimate of drug-likeness (QED) is 0.554. The van der Waals surface area contributed by atoms with Crippen molar-refractivity contribution in [2.24, 2.45) is 11.3 Å². The zero-order valence-corrected chi connectivity index (χ0v) is 9.66. The van der Waals surface area contributed by atoms with Crippen molar-refractivity contribution in [1.29, 1.82) is 0 Å². The Morgan fingerprint density at radius 3 is 2.06 bits per heavy atom. The molecule has 1 fully saturated rings. The van der Waals surface area contributed by atoms with Gasteiger partial charge < -0.3 is 0 Å². The monoisotopic (exact) mass is 224 g/mol. The molecule has 5 heteroatoms. The van der Waals surface area contributed by atoms with Gasteiger partial charge in [-0.1, -0.05) is 32.9 Å². The van der Waals surface area contributed by atoms with E-state index >= 15 is 0 Å². The van der Waals surface area contributed by atoms with Crippen molar-refractivity contribution >= 4 is 17.8 Å². The van der Waals surface area contributed by atoms with Crippen LogP contribution in [-0.4, -0.2) is 17.8 Å². The predicted octanol–water partition coefficient (Wildman–Crippen LogP) is 0.961. The number of urea groups is 1. The number of carbonyl (C=O) groups is 3. The van der Waals surface area contributed by atoms with E-state index in [2.05, 4.69) is 10.6 Å². The summed E-state index contributed by atoms with van der Waals surface area (Å²) in [5, 5.41) is 4.26. The first kappa shape index (κ1) is 12.4. The highest BCUT2D eigenvalue weighted by atomic mass is 16.2. The van der Waals surface area contributed by atoms with Gasteiger partial charge in [-0.15, -0.1) is 0 Å². The molecule has 0 saturated carbocycles. The summed E-state index contributed by atoms with van der Waals surface area (Å²) in [6.45, 7) is 5.46. The van der Waals surface area contributed by atoms with Crippen molar-refractivity contribution in [3.05, 3.63) is 12.2 Å². The number of nitrogens with one attached hydrogen (secondary N) is 2. The maximum Gasteiger partial charge on any atom is 0.328 e. The molecule has 0 spiro atoms. The maximum atomic E-state index is 11.8. The fraction of sp³-hybridized carbons (Fsp3) is 0.545. The van der Waals surface area contributed by atoms with Gasteiger partial charge in [0.2, 0.25) is 11.8 Å². The van der Waals surface area contributed by atoms with Gasteiger partial charge in [-0.25, -0.2) is 4.79 Å². The Balaban J connectivity index is 3.17. The summed E-state index contributed by atoms with van der Waals surface area (Å²) in [6.07, 6.45) is 4.06. The molecule has 0 aromatic rings. The van der Waals surface area contributed by atoms with Gasteiger partial charge in [-0.05, 0) is 12.3 Å². The van der Waals surface area contributed by atoms with Crippen molar-refractivity contribution in [2.45, 2.75) is 27.2 Å². The lowest BCUT2D eigenvalue weighted by molar-refractivity contribution is -0.143. The third-order valence-electron chi connectivity index (χ3n) is 2.73. The molecule has 5 nitrogen and oxygen atoms in total. The second-order valence-electron chi connectivity index (χ2n) is 4.07. The van der Waals surface area contributed by atoms with E-state index < -0.39 is 23.3 Å². The van der Waals surface area contributed by atoms with Crippen LogP contribution >= 0.6 is 0 Å². The molecule has 0 aromatic carbocycles. The highest BCUT2D eigenvalue weighted by Crippen LogP contribution is 2.32. The first-order chi connectivity index (χ1) is 7.45. The molecule has 0 atom stereocenters. The highest BCUT2D eigenvalue weighted by molar-refractivity contribution is 6.20. The molecule has 4 amide bonds. The summed E-state index contributed by atoms with van der Waals surface area (Å²) in [5.41, 5.74) is -1.27. The van der Waals surface area contributed by atoms with Crippen LogP contribution in [0.25, 0.3) is 0 Å². The summed E-state index contributed by atoms with van der Waals surface area (Å²) in [5.74, 6) is -1.33. The third kappa shape index (κ3) is 1.85. The van der Waals surface area contributed by atoms with Gasteiger partial charge in [-0.2, -0.15) is 0 Å². The first-order valence-electron chi connectivity index (χ1n) is 5.29. The summed E-state index contributed by atoms with van der Waals surface area (Å²) < 4.78 is 0. The zero-order chi connectivity index (χ0) is 12.3. The Labute approximate surface area is 94.3 Å². The van der Waals surface area contributed by atoms with Crippen LogP contribution in [0.15, 0.2) is 12.2 Å². The second-order valence-corrected chi connectivity index (χ2v) is 4.07. The molecule has 0 bridgehead atoms. The molecular formula is C11H16N2O3. The van der Waals surface area contributed by atoms with Crippen molar-refractivity contribution in [3.63, 3.8) is 0 Å². The standard InChI is InChI=1S/C11H16N2O3/c1-4-5-6-11(7(2)3)8(14)12-10(16)13-9(11)15/h5-7H,4H2,1-3H3,(H2,12,13,14,15,16). The number of amides is 4. The second kappa shape index (κ2) is 4.47. The van der Waals surface area contributed by atoms with E-state index in [1.165, 1.54) is 0 Å². The lowest BCUT2D eigenvalue weighted by atomic mass is 9.74. The minimum absolute atomic E-state index is 0.219. The molecular weight excluding hydrogens is 208 g/mol. The van der Waals surface area contributed by atoms with Crippen molar-refractivity contribution in [2.75, 3.05) is 0 Å². The van der Waals surface area contributed by atoms with Gasteiger partial charge in [0.15, 0.2) is 0 Å². The Morgan fingerprint density at radius 2 is 1.69 bits per heavy atom. The van der Waals surface area contributed by atoms with E-state index in [0.29, 0.717) is 0 Å². The van der Waals surface area contributed by atoms with Gasteiger partial charge in [0.05, 0.1) is 0 Å². The van der Waals surface area contributed by atoms with Gasteiger partial charge in [-0.3, -0.25) is 20.2 Å². The smallest absolute Gasteiger partial charge is 0.277 e. The van der Waals surface area contributed by atoms with Crippen LogP contribution < -0.4 is 10.6 Å². The third-order valence-corrected chi connectivity index (χ3v) is 2.73. The normalized spacial score (nSPS) is 20.1. The van der Waals surface area contributed by atoms with Crippen LogP contribution in [0.1, 0.15) is 27.2 Å². The van der Waals surface area contributed by atoms with E-state index in [0.717, 1.165) is 6.42 Å². The number of allylic oxidation sites excluding steroid dienone is 1. The van der Waals surface area contributed by atoms with E-state index in [9.17, 15) is 14.4 Å². The Kier molecular flexibility index (Phi) is 3.47. The average molecular weight is 224 g/mol. The molecule has 16 heavy (non-hydrogen) atoms. The van der Waals surface area contributed by atoms with Gasteiger partial charge in [0, 0.05) is 0 Å². The van der Waals surface area contributed by atoms with Crippen LogP contribution in [0.5, 0.6) is 0 Å². The van der Waals surface area contributed by atoms with E-state index in [1.54, 1.807) is 26.0 Å². The van der Waals surface area contributed by atoms with Gasteiger partial charge in [0.1, 0.15) is 5.41 Å². The van der Waals surface area contributed by atoms with Crippen molar-refractivity contribution in [3.8, 4) is 0 Å². The fourth-order valence-electron chi connectivity index (χ4n) is 1.72. The number of carbonyl (C=O) groups excluding carboxylic acids is 3. The molecule has 1 heterocycles. The molecule has 1 rings (SSSR count). The molecule has 2 N–H and O–H groups in total. The molecule has 1 aliphatic rings. The summed E-state index contributed by atoms with van der Waals surface area (Å²) >= 11 is 0. The fourth-order valence-corrected chi connectivity index (χ4v) is 1.72. The van der Waals surface area contributed by atoms with E-state index in [-0.39, 0.29) is 5.92 Å². The molecule has 1 saturated heterocycles. The highest BCUT2D eigenvalue weighted by Gasteiger charge is 2.50. The van der Waals surface area contributed by atoms with Crippen LogP contribution in [-0.2, 0) is 9.59 Å². The molecule has 1 aliphatic heterocycles. The number of barbiturate groups is 1. The van der Waals surface area contributed by atoms with Crippen molar-refractivity contribution in [1.82, 2.24) is 10.6 Å². The molecule has 0 radical (unpaired) electrons. The lowest BCUT2D eigenvalue weighted by Gasteiger charge is -2.34. The van der Waals surface area contributed by atoms with Crippen LogP contribution in [0.4, 0.5) is 4.79 Å². The van der Waals surface area contributed by atoms with E-state index in [4.69, 9.17) is 0 Å². The number of rotatable bonds is 3. The minimum atomic E-state index is -1.27. The lowest BCUT2D eigenvalue weighted by Crippen LogP contribution is -2.63. The van der Waals surface area contributed by atoms with Gasteiger partial charge >= 0.3 is 6.03 Å². The number of hydrogen-bond donors (Lipinski definition) is 2. The number of hydrogen-bond acceptors (Lipinski definition) is 3. The maximum absolute atomic E-state index is 11.8. The topological polar surface area (TPSA) is 75.3 Å². The summed E-state index contributed by atoms with van der Waals surface area (Å²) in [7, 11) is 0. The van der Waals surface area contributed by atoms with Crippen LogP contribution in [0.2, 0.25) is 0 Å². The Hall–Kier alpha value is -1.65. The van der Waals surface area contributed by atoms with Crippen LogP contribution in [0.3, 0.4) is 0 Å². The molecule has 88 valence electrons. The van der Waals surface area contributed by atoms with Gasteiger partial charge in [0.25, 0.3) is 0 Å². The average Bonchev–Trinajstić information content (AvgIpc) is 2.16.